The van der Waals surface area contributed by atoms with Crippen LogP contribution in [-0.4, -0.2) is 40.8 Å². The average Bonchev–Trinajstić information content (AvgIpc) is 3.05. The van der Waals surface area contributed by atoms with Gasteiger partial charge in [-0.15, -0.1) is 0 Å². The number of benzene rings is 3. The number of ether oxygens (including phenoxy) is 1. The first-order chi connectivity index (χ1) is 19.3. The Kier molecular flexibility index (Phi) is 8.00. The summed E-state index contributed by atoms with van der Waals surface area (Å²) >= 11 is 12.3. The molecule has 1 aromatic heterocycles. The summed E-state index contributed by atoms with van der Waals surface area (Å²) in [6.07, 6.45) is 1.81. The smallest absolute Gasteiger partial charge is 0.256 e. The van der Waals surface area contributed by atoms with Gasteiger partial charge in [0.1, 0.15) is 17.6 Å². The van der Waals surface area contributed by atoms with Gasteiger partial charge in [0.15, 0.2) is 0 Å². The summed E-state index contributed by atoms with van der Waals surface area (Å²) in [4.78, 5) is 45.7. The van der Waals surface area contributed by atoms with Crippen LogP contribution in [0.25, 0.3) is 0 Å². The van der Waals surface area contributed by atoms with Crippen molar-refractivity contribution in [2.75, 3.05) is 17.7 Å². The van der Waals surface area contributed by atoms with Gasteiger partial charge < -0.3 is 20.3 Å². The van der Waals surface area contributed by atoms with Gasteiger partial charge >= 0.3 is 0 Å². The summed E-state index contributed by atoms with van der Waals surface area (Å²) in [6.45, 7) is 0.131. The number of rotatable bonds is 7. The maximum absolute atomic E-state index is 13.9. The number of nitrogens with one attached hydrogen (secondary N) is 2. The van der Waals surface area contributed by atoms with Crippen LogP contribution in [0.5, 0.6) is 5.75 Å². The van der Waals surface area contributed by atoms with E-state index in [-0.39, 0.29) is 30.7 Å². The third-order valence-electron chi connectivity index (χ3n) is 6.54. The lowest BCUT2D eigenvalue weighted by Crippen LogP contribution is -2.46. The molecule has 4 aromatic rings. The molecule has 0 saturated carbocycles. The van der Waals surface area contributed by atoms with E-state index < -0.39 is 6.04 Å². The van der Waals surface area contributed by atoms with Crippen molar-refractivity contribution in [1.29, 1.82) is 0 Å². The zero-order chi connectivity index (χ0) is 28.2. The maximum Gasteiger partial charge on any atom is 0.256 e. The second kappa shape index (κ2) is 11.8. The number of halogens is 2. The van der Waals surface area contributed by atoms with E-state index in [2.05, 4.69) is 15.6 Å². The Morgan fingerprint density at radius 3 is 2.45 bits per heavy atom. The third-order valence-corrected chi connectivity index (χ3v) is 7.28. The lowest BCUT2D eigenvalue weighted by Gasteiger charge is -2.29. The highest BCUT2D eigenvalue weighted by atomic mass is 35.5. The van der Waals surface area contributed by atoms with Gasteiger partial charge in [0.05, 0.1) is 28.4 Å². The fourth-order valence-electron chi connectivity index (χ4n) is 4.45. The number of fused-ring (bicyclic) bond motifs is 1. The fourth-order valence-corrected chi connectivity index (χ4v) is 4.77. The first kappa shape index (κ1) is 27.2. The molecule has 8 nitrogen and oxygen atoms in total. The van der Waals surface area contributed by atoms with Crippen molar-refractivity contribution >= 4 is 52.4 Å². The first-order valence-electron chi connectivity index (χ1n) is 12.4. The van der Waals surface area contributed by atoms with Crippen molar-refractivity contribution in [3.63, 3.8) is 0 Å². The van der Waals surface area contributed by atoms with Crippen LogP contribution >= 0.6 is 23.2 Å². The molecule has 3 amide bonds. The Morgan fingerprint density at radius 1 is 0.975 bits per heavy atom. The SMILES string of the molecule is COc1ccc2c(c1)NC(=O)C(Cc1ccc(Cl)c(Cl)c1)N(Cc1ccc(C(=O)Nc3ccccn3)cc1)C2=O. The molecule has 0 saturated heterocycles. The Hall–Kier alpha value is -4.40. The zero-order valence-corrected chi connectivity index (χ0v) is 22.9. The van der Waals surface area contributed by atoms with Gasteiger partial charge in [0, 0.05) is 30.8 Å². The molecule has 0 radical (unpaired) electrons. The number of carbonyl (C=O) groups excluding carboxylic acids is 3. The summed E-state index contributed by atoms with van der Waals surface area (Å²) in [5.41, 5.74) is 2.64. The molecule has 5 rings (SSSR count). The normalized spacial score (nSPS) is 14.7. The van der Waals surface area contributed by atoms with E-state index in [0.29, 0.717) is 38.4 Å². The Labute approximate surface area is 240 Å². The molecule has 1 atom stereocenters. The second-order valence-electron chi connectivity index (χ2n) is 9.17. The van der Waals surface area contributed by atoms with Crippen LogP contribution in [0.1, 0.15) is 31.8 Å². The van der Waals surface area contributed by atoms with Crippen LogP contribution in [0.15, 0.2) is 85.1 Å². The highest BCUT2D eigenvalue weighted by molar-refractivity contribution is 6.42. The van der Waals surface area contributed by atoms with E-state index in [1.165, 1.54) is 12.0 Å². The summed E-state index contributed by atoms with van der Waals surface area (Å²) in [5, 5.41) is 6.39. The van der Waals surface area contributed by atoms with Gasteiger partial charge in [-0.1, -0.05) is 47.5 Å². The van der Waals surface area contributed by atoms with Gasteiger partial charge in [-0.2, -0.15) is 0 Å². The lowest BCUT2D eigenvalue weighted by molar-refractivity contribution is -0.120. The number of hydrogen-bond acceptors (Lipinski definition) is 5. The van der Waals surface area contributed by atoms with Gasteiger partial charge in [0.25, 0.3) is 11.8 Å². The molecule has 0 fully saturated rings. The van der Waals surface area contributed by atoms with E-state index in [0.717, 1.165) is 11.1 Å². The molecule has 1 aliphatic rings. The molecule has 0 aliphatic carbocycles. The highest BCUT2D eigenvalue weighted by Crippen LogP contribution is 2.31. The van der Waals surface area contributed by atoms with Crippen LogP contribution < -0.4 is 15.4 Å². The van der Waals surface area contributed by atoms with Crippen molar-refractivity contribution in [3.05, 3.63) is 117 Å². The number of amides is 3. The fraction of sp³-hybridized carbons (Fsp3) is 0.133. The number of hydrogen-bond donors (Lipinski definition) is 2. The van der Waals surface area contributed by atoms with Crippen molar-refractivity contribution in [2.45, 2.75) is 19.0 Å². The van der Waals surface area contributed by atoms with Crippen LogP contribution in [0.2, 0.25) is 10.0 Å². The summed E-state index contributed by atoms with van der Waals surface area (Å²) in [5.74, 6) is -0.0224. The Morgan fingerprint density at radius 2 is 1.75 bits per heavy atom. The second-order valence-corrected chi connectivity index (χ2v) is 9.98. The number of carbonyl (C=O) groups is 3. The van der Waals surface area contributed by atoms with Crippen LogP contribution in [-0.2, 0) is 17.8 Å². The van der Waals surface area contributed by atoms with E-state index in [1.807, 2.05) is 0 Å². The van der Waals surface area contributed by atoms with Crippen molar-refractivity contribution in [1.82, 2.24) is 9.88 Å². The molecule has 1 unspecified atom stereocenters. The van der Waals surface area contributed by atoms with Crippen molar-refractivity contribution in [2.24, 2.45) is 0 Å². The minimum atomic E-state index is -0.852. The van der Waals surface area contributed by atoms with Gasteiger partial charge in [-0.05, 0) is 59.7 Å². The molecule has 10 heteroatoms. The lowest BCUT2D eigenvalue weighted by atomic mass is 10.0. The molecular formula is C30H24Cl2N4O4. The summed E-state index contributed by atoms with van der Waals surface area (Å²) in [7, 11) is 1.52. The van der Waals surface area contributed by atoms with E-state index in [9.17, 15) is 14.4 Å². The number of aromatic nitrogens is 1. The van der Waals surface area contributed by atoms with Gasteiger partial charge in [-0.3, -0.25) is 14.4 Å². The maximum atomic E-state index is 13.9. The molecular weight excluding hydrogens is 551 g/mol. The largest absolute Gasteiger partial charge is 0.497 e. The summed E-state index contributed by atoms with van der Waals surface area (Å²) in [6, 6.07) is 21.3. The van der Waals surface area contributed by atoms with Crippen LogP contribution in [0.4, 0.5) is 11.5 Å². The van der Waals surface area contributed by atoms with E-state index in [4.69, 9.17) is 27.9 Å². The predicted molar refractivity (Wildman–Crippen MR) is 154 cm³/mol. The minimum Gasteiger partial charge on any atom is -0.497 e. The topological polar surface area (TPSA) is 101 Å². The molecule has 1 aliphatic heterocycles. The zero-order valence-electron chi connectivity index (χ0n) is 21.4. The number of nitrogens with zero attached hydrogens (tertiary/aromatic N) is 2. The molecule has 40 heavy (non-hydrogen) atoms. The molecule has 2 heterocycles. The predicted octanol–water partition coefficient (Wildman–Crippen LogP) is 5.86. The van der Waals surface area contributed by atoms with Crippen LogP contribution in [0, 0.1) is 0 Å². The van der Waals surface area contributed by atoms with Gasteiger partial charge in [-0.25, -0.2) is 4.98 Å². The highest BCUT2D eigenvalue weighted by Gasteiger charge is 2.36. The number of methoxy groups -OCH3 is 1. The average molecular weight is 575 g/mol. The standard InChI is InChI=1S/C30H24Cl2N4O4/c1-40-21-10-11-22-25(16-21)34-29(38)26(15-19-7-12-23(31)24(32)14-19)36(30(22)39)17-18-5-8-20(9-6-18)28(37)35-27-4-2-3-13-33-27/h2-14,16,26H,15,17H2,1H3,(H,34,38)(H,33,35,37). The van der Waals surface area contributed by atoms with E-state index >= 15 is 0 Å². The summed E-state index contributed by atoms with van der Waals surface area (Å²) < 4.78 is 5.29. The quantitative estimate of drug-likeness (QED) is 0.288. The van der Waals surface area contributed by atoms with Crippen LogP contribution in [0.3, 0.4) is 0 Å². The molecule has 0 spiro atoms. The third kappa shape index (κ3) is 5.93. The Balaban J connectivity index is 1.44. The molecule has 3 aromatic carbocycles. The van der Waals surface area contributed by atoms with E-state index in [1.54, 1.807) is 85.1 Å². The van der Waals surface area contributed by atoms with Gasteiger partial charge in [0.2, 0.25) is 5.91 Å². The molecule has 202 valence electrons. The number of pyridine rings is 1. The van der Waals surface area contributed by atoms with Crippen molar-refractivity contribution < 1.29 is 19.1 Å². The molecule has 2 N–H and O–H groups in total. The molecule has 0 bridgehead atoms. The number of anilines is 2. The van der Waals surface area contributed by atoms with Crippen molar-refractivity contribution in [3.8, 4) is 5.75 Å². The first-order valence-corrected chi connectivity index (χ1v) is 13.1. The monoisotopic (exact) mass is 574 g/mol. The minimum absolute atomic E-state index is 0.131. The Bertz CT molecular complexity index is 1580.